The van der Waals surface area contributed by atoms with Gasteiger partial charge in [-0.05, 0) is 31.2 Å². The minimum atomic E-state index is -2.55. The van der Waals surface area contributed by atoms with E-state index in [1.807, 2.05) is 0 Å². The summed E-state index contributed by atoms with van der Waals surface area (Å²) in [7, 11) is 0. The highest BCUT2D eigenvalue weighted by atomic mass is 19.3. The molecule has 0 spiro atoms. The normalized spacial score (nSPS) is 30.8. The van der Waals surface area contributed by atoms with E-state index in [0.29, 0.717) is 5.92 Å². The lowest BCUT2D eigenvalue weighted by atomic mass is 9.93. The van der Waals surface area contributed by atoms with Crippen molar-refractivity contribution < 1.29 is 18.7 Å². The largest absolute Gasteiger partial charge is 0.395 e. The number of nitrogens with one attached hydrogen (secondary N) is 1. The van der Waals surface area contributed by atoms with Crippen LogP contribution in [0.5, 0.6) is 0 Å². The zero-order chi connectivity index (χ0) is 13.1. The maximum atomic E-state index is 12.4. The zero-order valence-electron chi connectivity index (χ0n) is 10.3. The molecule has 4 nitrogen and oxygen atoms in total. The first-order valence-corrected chi connectivity index (χ1v) is 6.54. The van der Waals surface area contributed by atoms with Gasteiger partial charge in [-0.2, -0.15) is 0 Å². The second-order valence-electron chi connectivity index (χ2n) is 5.14. The van der Waals surface area contributed by atoms with Crippen molar-refractivity contribution >= 4 is 5.91 Å². The van der Waals surface area contributed by atoms with E-state index in [2.05, 4.69) is 5.32 Å². The third-order valence-corrected chi connectivity index (χ3v) is 4.05. The van der Waals surface area contributed by atoms with Gasteiger partial charge >= 0.3 is 0 Å². The fraction of sp³-hybridized carbons (Fsp3) is 0.917. The molecule has 6 heteroatoms. The molecule has 0 aromatic heterocycles. The number of carbonyl (C=O) groups excluding carboxylic acids is 1. The Morgan fingerprint density at radius 3 is 2.89 bits per heavy atom. The molecular formula is C12H20F2N2O2. The molecule has 1 aliphatic carbocycles. The lowest BCUT2D eigenvalue weighted by molar-refractivity contribution is -0.136. The van der Waals surface area contributed by atoms with Crippen LogP contribution in [0.15, 0.2) is 0 Å². The summed E-state index contributed by atoms with van der Waals surface area (Å²) >= 11 is 0. The summed E-state index contributed by atoms with van der Waals surface area (Å²) in [6.07, 6.45) is 0.683. The van der Waals surface area contributed by atoms with Gasteiger partial charge in [0.15, 0.2) is 0 Å². The van der Waals surface area contributed by atoms with E-state index in [-0.39, 0.29) is 31.0 Å². The number of hydrogen-bond donors (Lipinski definition) is 2. The molecule has 2 rings (SSSR count). The lowest BCUT2D eigenvalue weighted by Crippen LogP contribution is -2.48. The molecular weight excluding hydrogens is 242 g/mol. The number of alkyl halides is 2. The molecule has 0 radical (unpaired) electrons. The number of hydrogen-bond acceptors (Lipinski definition) is 3. The predicted octanol–water partition coefficient (Wildman–Crippen LogP) is 0.460. The van der Waals surface area contributed by atoms with E-state index >= 15 is 0 Å². The molecule has 0 aromatic rings. The van der Waals surface area contributed by atoms with Crippen molar-refractivity contribution in [1.82, 2.24) is 10.2 Å². The van der Waals surface area contributed by atoms with Crippen LogP contribution in [0.25, 0.3) is 0 Å². The summed E-state index contributed by atoms with van der Waals surface area (Å²) < 4.78 is 24.9. The summed E-state index contributed by atoms with van der Waals surface area (Å²) in [4.78, 5) is 13.3. The number of carbonyl (C=O) groups is 1. The van der Waals surface area contributed by atoms with Crippen molar-refractivity contribution in [1.29, 1.82) is 0 Å². The molecule has 1 saturated carbocycles. The third-order valence-electron chi connectivity index (χ3n) is 4.05. The monoisotopic (exact) mass is 262 g/mol. The molecule has 18 heavy (non-hydrogen) atoms. The van der Waals surface area contributed by atoms with Gasteiger partial charge in [0.05, 0.1) is 19.2 Å². The Kier molecular flexibility index (Phi) is 4.50. The number of aliphatic hydroxyl groups is 1. The minimum absolute atomic E-state index is 0.0151. The number of halogens is 2. The van der Waals surface area contributed by atoms with Crippen LogP contribution in [0, 0.1) is 11.8 Å². The van der Waals surface area contributed by atoms with E-state index < -0.39 is 13.0 Å². The van der Waals surface area contributed by atoms with Crippen LogP contribution in [-0.4, -0.2) is 54.6 Å². The van der Waals surface area contributed by atoms with Gasteiger partial charge in [-0.3, -0.25) is 4.79 Å². The van der Waals surface area contributed by atoms with E-state index in [9.17, 15) is 13.6 Å². The van der Waals surface area contributed by atoms with Crippen molar-refractivity contribution in [2.75, 3.05) is 26.2 Å². The fourth-order valence-corrected chi connectivity index (χ4v) is 3.23. The van der Waals surface area contributed by atoms with Crippen molar-refractivity contribution in [3.8, 4) is 0 Å². The molecule has 104 valence electrons. The predicted molar refractivity (Wildman–Crippen MR) is 62.3 cm³/mol. The van der Waals surface area contributed by atoms with Crippen molar-refractivity contribution in [2.45, 2.75) is 31.7 Å². The Morgan fingerprint density at radius 2 is 2.22 bits per heavy atom. The van der Waals surface area contributed by atoms with Crippen molar-refractivity contribution in [3.63, 3.8) is 0 Å². The van der Waals surface area contributed by atoms with Crippen LogP contribution in [0.4, 0.5) is 8.78 Å². The average Bonchev–Trinajstić information content (AvgIpc) is 2.88. The summed E-state index contributed by atoms with van der Waals surface area (Å²) in [5.74, 6) is 0.525. The molecule has 2 N–H and O–H groups in total. The topological polar surface area (TPSA) is 52.6 Å². The van der Waals surface area contributed by atoms with Gasteiger partial charge in [-0.15, -0.1) is 0 Å². The van der Waals surface area contributed by atoms with Crippen LogP contribution in [-0.2, 0) is 4.79 Å². The highest BCUT2D eigenvalue weighted by Crippen LogP contribution is 2.38. The SMILES string of the molecule is O=C(C1NCC2CCCC21)N(CCO)CC(F)F. The average molecular weight is 262 g/mol. The summed E-state index contributed by atoms with van der Waals surface area (Å²) in [6.45, 7) is -0.0737. The van der Waals surface area contributed by atoms with Crippen molar-refractivity contribution in [2.24, 2.45) is 11.8 Å². The summed E-state index contributed by atoms with van der Waals surface area (Å²) in [5.41, 5.74) is 0. The minimum Gasteiger partial charge on any atom is -0.395 e. The zero-order valence-corrected chi connectivity index (χ0v) is 10.3. The highest BCUT2D eigenvalue weighted by molar-refractivity contribution is 5.82. The quantitative estimate of drug-likeness (QED) is 0.757. The summed E-state index contributed by atoms with van der Waals surface area (Å²) in [5, 5.41) is 12.0. The first-order valence-electron chi connectivity index (χ1n) is 6.54. The molecule has 3 unspecified atom stereocenters. The lowest BCUT2D eigenvalue weighted by Gasteiger charge is -2.27. The van der Waals surface area contributed by atoms with Crippen molar-refractivity contribution in [3.05, 3.63) is 0 Å². The molecule has 0 aromatic carbocycles. The Labute approximate surface area is 105 Å². The highest BCUT2D eigenvalue weighted by Gasteiger charge is 2.43. The van der Waals surface area contributed by atoms with E-state index in [1.54, 1.807) is 0 Å². The van der Waals surface area contributed by atoms with Crippen LogP contribution in [0.1, 0.15) is 19.3 Å². The number of aliphatic hydroxyl groups excluding tert-OH is 1. The number of rotatable bonds is 5. The molecule has 1 saturated heterocycles. The van der Waals surface area contributed by atoms with Crippen LogP contribution < -0.4 is 5.32 Å². The molecule has 1 heterocycles. The van der Waals surface area contributed by atoms with Gasteiger partial charge in [-0.1, -0.05) is 6.42 Å². The van der Waals surface area contributed by atoms with Gasteiger partial charge in [0.2, 0.25) is 5.91 Å². The van der Waals surface area contributed by atoms with Gasteiger partial charge in [-0.25, -0.2) is 8.78 Å². The van der Waals surface area contributed by atoms with E-state index in [4.69, 9.17) is 5.11 Å². The maximum absolute atomic E-state index is 12.4. The second-order valence-corrected chi connectivity index (χ2v) is 5.14. The molecule has 1 amide bonds. The Morgan fingerprint density at radius 1 is 1.44 bits per heavy atom. The molecule has 2 aliphatic rings. The number of nitrogens with zero attached hydrogens (tertiary/aromatic N) is 1. The van der Waals surface area contributed by atoms with Gasteiger partial charge < -0.3 is 15.3 Å². The van der Waals surface area contributed by atoms with Crippen LogP contribution >= 0.6 is 0 Å². The first kappa shape index (κ1) is 13.7. The molecule has 0 bridgehead atoms. The summed E-state index contributed by atoms with van der Waals surface area (Å²) in [6, 6.07) is -0.331. The standard InChI is InChI=1S/C12H20F2N2O2/c13-10(14)7-16(4-5-17)12(18)11-9-3-1-2-8(9)6-15-11/h8-11,15,17H,1-7H2. The van der Waals surface area contributed by atoms with E-state index in [1.165, 1.54) is 0 Å². The van der Waals surface area contributed by atoms with Crippen LogP contribution in [0.2, 0.25) is 0 Å². The van der Waals surface area contributed by atoms with Gasteiger partial charge in [0, 0.05) is 6.54 Å². The van der Waals surface area contributed by atoms with E-state index in [0.717, 1.165) is 30.7 Å². The molecule has 3 atom stereocenters. The fourth-order valence-electron chi connectivity index (χ4n) is 3.23. The van der Waals surface area contributed by atoms with Gasteiger partial charge in [0.25, 0.3) is 6.43 Å². The van der Waals surface area contributed by atoms with Gasteiger partial charge in [0.1, 0.15) is 0 Å². The number of fused-ring (bicyclic) bond motifs is 1. The Bertz CT molecular complexity index is 302. The second kappa shape index (κ2) is 5.93. The molecule has 1 aliphatic heterocycles. The Hall–Kier alpha value is -0.750. The smallest absolute Gasteiger partial charge is 0.255 e. The number of amides is 1. The van der Waals surface area contributed by atoms with Crippen LogP contribution in [0.3, 0.4) is 0 Å². The maximum Gasteiger partial charge on any atom is 0.255 e. The first-order chi connectivity index (χ1) is 8.63. The molecule has 2 fully saturated rings. The third kappa shape index (κ3) is 2.80. The Balaban J connectivity index is 1.99.